The highest BCUT2D eigenvalue weighted by Crippen LogP contribution is 2.21. The minimum absolute atomic E-state index is 0.0561. The number of para-hydroxylation sites is 1. The molecule has 8 heteroatoms. The van der Waals surface area contributed by atoms with Crippen molar-refractivity contribution in [1.29, 1.82) is 0 Å². The van der Waals surface area contributed by atoms with E-state index in [0.29, 0.717) is 10.8 Å². The van der Waals surface area contributed by atoms with E-state index in [0.717, 1.165) is 15.3 Å². The SMILES string of the molecule is Cc1nc(NC(=O)c2nn(-c3ccccc3)c(=O)[nH]2)sc1C. The van der Waals surface area contributed by atoms with Crippen molar-refractivity contribution in [3.8, 4) is 5.69 Å². The topological polar surface area (TPSA) is 92.7 Å². The highest BCUT2D eigenvalue weighted by Gasteiger charge is 2.16. The van der Waals surface area contributed by atoms with Gasteiger partial charge in [0.25, 0.3) is 5.91 Å². The van der Waals surface area contributed by atoms with Gasteiger partial charge in [-0.1, -0.05) is 18.2 Å². The zero-order valence-electron chi connectivity index (χ0n) is 12.0. The van der Waals surface area contributed by atoms with Crippen LogP contribution >= 0.6 is 11.3 Å². The summed E-state index contributed by atoms with van der Waals surface area (Å²) in [5.41, 5.74) is 0.982. The molecule has 112 valence electrons. The Labute approximate surface area is 129 Å². The number of amides is 1. The van der Waals surface area contributed by atoms with E-state index in [1.165, 1.54) is 11.3 Å². The van der Waals surface area contributed by atoms with Gasteiger partial charge in [0.15, 0.2) is 5.13 Å². The van der Waals surface area contributed by atoms with Gasteiger partial charge in [-0.2, -0.15) is 4.68 Å². The first kappa shape index (κ1) is 14.2. The van der Waals surface area contributed by atoms with Crippen molar-refractivity contribution >= 4 is 22.4 Å². The number of anilines is 1. The molecule has 7 nitrogen and oxygen atoms in total. The van der Waals surface area contributed by atoms with Crippen molar-refractivity contribution in [2.24, 2.45) is 0 Å². The molecule has 0 saturated carbocycles. The first-order valence-electron chi connectivity index (χ1n) is 6.55. The lowest BCUT2D eigenvalue weighted by molar-refractivity contribution is 0.101. The second-order valence-corrected chi connectivity index (χ2v) is 5.84. The second-order valence-electron chi connectivity index (χ2n) is 4.64. The zero-order chi connectivity index (χ0) is 15.7. The Kier molecular flexibility index (Phi) is 3.60. The molecule has 3 aromatic rings. The predicted molar refractivity (Wildman–Crippen MR) is 83.7 cm³/mol. The Hall–Kier alpha value is -2.74. The molecule has 0 atom stereocenters. The fourth-order valence-corrected chi connectivity index (χ4v) is 2.66. The third kappa shape index (κ3) is 2.68. The van der Waals surface area contributed by atoms with Crippen LogP contribution in [0.4, 0.5) is 5.13 Å². The van der Waals surface area contributed by atoms with Crippen LogP contribution in [-0.2, 0) is 0 Å². The third-order valence-electron chi connectivity index (χ3n) is 3.08. The number of hydrogen-bond donors (Lipinski definition) is 2. The second kappa shape index (κ2) is 5.57. The molecule has 0 radical (unpaired) electrons. The van der Waals surface area contributed by atoms with E-state index in [1.807, 2.05) is 19.9 Å². The summed E-state index contributed by atoms with van der Waals surface area (Å²) in [5.74, 6) is -0.556. The maximum absolute atomic E-state index is 12.1. The molecular formula is C14H13N5O2S. The molecule has 0 spiro atoms. The monoisotopic (exact) mass is 315 g/mol. The third-order valence-corrected chi connectivity index (χ3v) is 4.07. The molecular weight excluding hydrogens is 302 g/mol. The van der Waals surface area contributed by atoms with Crippen molar-refractivity contribution < 1.29 is 4.79 Å². The van der Waals surface area contributed by atoms with Crippen LogP contribution in [-0.4, -0.2) is 25.7 Å². The van der Waals surface area contributed by atoms with E-state index < -0.39 is 11.6 Å². The summed E-state index contributed by atoms with van der Waals surface area (Å²) in [7, 11) is 0. The van der Waals surface area contributed by atoms with Gasteiger partial charge in [-0.15, -0.1) is 16.4 Å². The maximum atomic E-state index is 12.1. The molecule has 2 N–H and O–H groups in total. The number of hydrogen-bond acceptors (Lipinski definition) is 5. The number of aromatic nitrogens is 4. The van der Waals surface area contributed by atoms with Crippen LogP contribution in [0.5, 0.6) is 0 Å². The number of benzene rings is 1. The Morgan fingerprint density at radius 2 is 2.00 bits per heavy atom. The Bertz CT molecular complexity index is 859. The fourth-order valence-electron chi connectivity index (χ4n) is 1.85. The quantitative estimate of drug-likeness (QED) is 0.772. The summed E-state index contributed by atoms with van der Waals surface area (Å²) >= 11 is 1.38. The van der Waals surface area contributed by atoms with Crippen LogP contribution in [0, 0.1) is 13.8 Å². The van der Waals surface area contributed by atoms with E-state index in [1.54, 1.807) is 24.3 Å². The average molecular weight is 315 g/mol. The minimum Gasteiger partial charge on any atom is -0.295 e. The summed E-state index contributed by atoms with van der Waals surface area (Å²) in [6, 6.07) is 8.88. The molecule has 22 heavy (non-hydrogen) atoms. The smallest absolute Gasteiger partial charge is 0.295 e. The summed E-state index contributed by atoms with van der Waals surface area (Å²) in [5, 5.41) is 7.13. The molecule has 1 aromatic carbocycles. The average Bonchev–Trinajstić information content (AvgIpc) is 3.03. The fraction of sp³-hybridized carbons (Fsp3) is 0.143. The molecule has 0 fully saturated rings. The molecule has 0 unspecified atom stereocenters. The summed E-state index contributed by atoms with van der Waals surface area (Å²) in [4.78, 5) is 31.7. The highest BCUT2D eigenvalue weighted by molar-refractivity contribution is 7.15. The van der Waals surface area contributed by atoms with Gasteiger partial charge in [0.1, 0.15) is 0 Å². The highest BCUT2D eigenvalue weighted by atomic mass is 32.1. The largest absolute Gasteiger partial charge is 0.348 e. The molecule has 0 saturated heterocycles. The number of thiazole rings is 1. The molecule has 1 amide bonds. The Morgan fingerprint density at radius 1 is 1.27 bits per heavy atom. The maximum Gasteiger partial charge on any atom is 0.348 e. The lowest BCUT2D eigenvalue weighted by Gasteiger charge is -1.98. The van der Waals surface area contributed by atoms with E-state index in [9.17, 15) is 9.59 Å². The Morgan fingerprint density at radius 3 is 2.64 bits per heavy atom. The number of carbonyl (C=O) groups excluding carboxylic acids is 1. The summed E-state index contributed by atoms with van der Waals surface area (Å²) < 4.78 is 1.15. The molecule has 0 aliphatic rings. The molecule has 2 aromatic heterocycles. The summed E-state index contributed by atoms with van der Waals surface area (Å²) in [6.45, 7) is 3.79. The number of carbonyl (C=O) groups is 1. The van der Waals surface area contributed by atoms with Crippen LogP contribution in [0.15, 0.2) is 35.1 Å². The van der Waals surface area contributed by atoms with Crippen molar-refractivity contribution in [2.75, 3.05) is 5.32 Å². The summed E-state index contributed by atoms with van der Waals surface area (Å²) in [6.07, 6.45) is 0. The number of aromatic amines is 1. The molecule has 0 aliphatic heterocycles. The van der Waals surface area contributed by atoms with E-state index in [2.05, 4.69) is 20.4 Å². The van der Waals surface area contributed by atoms with E-state index in [-0.39, 0.29) is 5.82 Å². The van der Waals surface area contributed by atoms with Gasteiger partial charge in [-0.3, -0.25) is 15.1 Å². The first-order chi connectivity index (χ1) is 10.5. The lowest BCUT2D eigenvalue weighted by Crippen LogP contribution is -2.15. The molecule has 0 bridgehead atoms. The number of rotatable bonds is 3. The van der Waals surface area contributed by atoms with Gasteiger partial charge in [0.2, 0.25) is 5.82 Å². The van der Waals surface area contributed by atoms with Crippen molar-refractivity contribution in [1.82, 2.24) is 19.7 Å². The van der Waals surface area contributed by atoms with Crippen LogP contribution in [0.3, 0.4) is 0 Å². The van der Waals surface area contributed by atoms with Crippen molar-refractivity contribution in [2.45, 2.75) is 13.8 Å². The van der Waals surface area contributed by atoms with Crippen LogP contribution in [0.2, 0.25) is 0 Å². The van der Waals surface area contributed by atoms with Crippen LogP contribution in [0.1, 0.15) is 21.2 Å². The van der Waals surface area contributed by atoms with Gasteiger partial charge in [-0.25, -0.2) is 9.78 Å². The minimum atomic E-state index is -0.500. The standard InChI is InChI=1S/C14H13N5O2S/c1-8-9(2)22-13(15-8)17-12(20)11-16-14(21)19(18-11)10-6-4-3-5-7-10/h3-7H,1-2H3,(H,15,17,20)(H,16,18,21). The van der Waals surface area contributed by atoms with Gasteiger partial charge in [0, 0.05) is 4.88 Å². The van der Waals surface area contributed by atoms with Crippen LogP contribution in [0.25, 0.3) is 5.69 Å². The normalized spacial score (nSPS) is 10.6. The first-order valence-corrected chi connectivity index (χ1v) is 7.36. The predicted octanol–water partition coefficient (Wildman–Crippen LogP) is 1.89. The van der Waals surface area contributed by atoms with Gasteiger partial charge < -0.3 is 0 Å². The van der Waals surface area contributed by atoms with Gasteiger partial charge in [0.05, 0.1) is 11.4 Å². The van der Waals surface area contributed by atoms with E-state index >= 15 is 0 Å². The van der Waals surface area contributed by atoms with Crippen molar-refractivity contribution in [3.63, 3.8) is 0 Å². The molecule has 0 aliphatic carbocycles. The van der Waals surface area contributed by atoms with E-state index in [4.69, 9.17) is 0 Å². The number of H-pyrrole nitrogens is 1. The van der Waals surface area contributed by atoms with Crippen LogP contribution < -0.4 is 11.0 Å². The number of nitrogens with zero attached hydrogens (tertiary/aromatic N) is 3. The van der Waals surface area contributed by atoms with Gasteiger partial charge in [-0.05, 0) is 26.0 Å². The molecule has 3 rings (SSSR count). The number of aryl methyl sites for hydroxylation is 2. The Balaban J connectivity index is 1.86. The van der Waals surface area contributed by atoms with Crippen molar-refractivity contribution in [3.05, 3.63) is 57.2 Å². The number of nitrogens with one attached hydrogen (secondary N) is 2. The lowest BCUT2D eigenvalue weighted by atomic mass is 10.3. The zero-order valence-corrected chi connectivity index (χ0v) is 12.8. The molecule has 2 heterocycles. The van der Waals surface area contributed by atoms with Gasteiger partial charge >= 0.3 is 5.69 Å².